The second-order valence-electron chi connectivity index (χ2n) is 7.32. The summed E-state index contributed by atoms with van der Waals surface area (Å²) >= 11 is 0. The first-order chi connectivity index (χ1) is 13.1. The minimum atomic E-state index is -0.626. The number of nitrogens with one attached hydrogen (secondary N) is 2. The number of pyridine rings is 1. The van der Waals surface area contributed by atoms with Crippen LogP contribution in [0.3, 0.4) is 0 Å². The van der Waals surface area contributed by atoms with Crippen LogP contribution in [0.5, 0.6) is 5.75 Å². The summed E-state index contributed by atoms with van der Waals surface area (Å²) in [6, 6.07) is 7.57. The second-order valence-corrected chi connectivity index (χ2v) is 7.32. The van der Waals surface area contributed by atoms with Crippen molar-refractivity contribution in [2.75, 3.05) is 5.32 Å². The highest BCUT2D eigenvalue weighted by Crippen LogP contribution is 2.39. The van der Waals surface area contributed by atoms with Gasteiger partial charge in [-0.2, -0.15) is 0 Å². The number of nitrogens with zero attached hydrogens (tertiary/aromatic N) is 2. The number of aromatic amines is 1. The molecule has 2 aromatic heterocycles. The van der Waals surface area contributed by atoms with Crippen LogP contribution in [0.15, 0.2) is 29.1 Å². The van der Waals surface area contributed by atoms with Crippen molar-refractivity contribution in [1.82, 2.24) is 14.5 Å². The van der Waals surface area contributed by atoms with Crippen molar-refractivity contribution in [3.63, 3.8) is 0 Å². The van der Waals surface area contributed by atoms with Gasteiger partial charge in [-0.1, -0.05) is 12.1 Å². The fraction of sp³-hybridized carbons (Fsp3) is 0.350. The fourth-order valence-electron chi connectivity index (χ4n) is 4.01. The van der Waals surface area contributed by atoms with Crippen LogP contribution in [0.1, 0.15) is 53.3 Å². The number of hydrogen-bond acceptors (Lipinski definition) is 4. The van der Waals surface area contributed by atoms with E-state index in [1.54, 1.807) is 4.57 Å². The first-order valence-corrected chi connectivity index (χ1v) is 9.39. The molecule has 27 heavy (non-hydrogen) atoms. The van der Waals surface area contributed by atoms with Crippen molar-refractivity contribution >= 4 is 22.9 Å². The average Bonchev–Trinajstić information content (AvgIpc) is 3.40. The van der Waals surface area contributed by atoms with E-state index in [9.17, 15) is 14.7 Å². The highest BCUT2D eigenvalue weighted by molar-refractivity contribution is 6.06. The van der Waals surface area contributed by atoms with Gasteiger partial charge in [0.25, 0.3) is 11.5 Å². The van der Waals surface area contributed by atoms with E-state index < -0.39 is 11.5 Å². The van der Waals surface area contributed by atoms with Crippen LogP contribution >= 0.6 is 0 Å². The highest BCUT2D eigenvalue weighted by atomic mass is 16.3. The molecule has 3 aromatic rings. The summed E-state index contributed by atoms with van der Waals surface area (Å²) in [5.41, 5.74) is 2.59. The van der Waals surface area contributed by atoms with Crippen molar-refractivity contribution in [3.05, 3.63) is 51.4 Å². The Kier molecular flexibility index (Phi) is 3.56. The lowest BCUT2D eigenvalue weighted by molar-refractivity contribution is 0.102. The molecule has 138 valence electrons. The number of para-hydroxylation sites is 2. The largest absolute Gasteiger partial charge is 0.507 e. The maximum atomic E-state index is 13.1. The van der Waals surface area contributed by atoms with E-state index in [4.69, 9.17) is 0 Å². The van der Waals surface area contributed by atoms with Gasteiger partial charge in [0.15, 0.2) is 0 Å². The fourth-order valence-corrected chi connectivity index (χ4v) is 4.01. The smallest absolute Gasteiger partial charge is 0.267 e. The van der Waals surface area contributed by atoms with E-state index in [-0.39, 0.29) is 23.3 Å². The number of carbonyl (C=O) groups is 1. The first kappa shape index (κ1) is 16.1. The van der Waals surface area contributed by atoms with E-state index in [0.29, 0.717) is 6.42 Å². The van der Waals surface area contributed by atoms with Gasteiger partial charge in [0, 0.05) is 17.3 Å². The number of fused-ring (bicyclic) bond motifs is 2. The molecule has 0 radical (unpaired) electrons. The Balaban J connectivity index is 1.58. The van der Waals surface area contributed by atoms with Crippen LogP contribution in [0, 0.1) is 0 Å². The number of H-pyrrole nitrogens is 1. The minimum Gasteiger partial charge on any atom is -0.507 e. The van der Waals surface area contributed by atoms with Gasteiger partial charge in [-0.25, -0.2) is 4.98 Å². The number of aromatic hydroxyl groups is 1. The van der Waals surface area contributed by atoms with E-state index in [1.165, 1.54) is 0 Å². The molecule has 7 heteroatoms. The van der Waals surface area contributed by atoms with E-state index >= 15 is 0 Å². The van der Waals surface area contributed by atoms with Crippen LogP contribution in [-0.4, -0.2) is 25.5 Å². The molecule has 0 bridgehead atoms. The summed E-state index contributed by atoms with van der Waals surface area (Å²) < 4.78 is 1.75. The number of aromatic nitrogens is 3. The van der Waals surface area contributed by atoms with Gasteiger partial charge < -0.3 is 14.7 Å². The van der Waals surface area contributed by atoms with Gasteiger partial charge in [0.05, 0.1) is 11.0 Å². The Labute approximate surface area is 155 Å². The van der Waals surface area contributed by atoms with E-state index in [1.807, 2.05) is 24.3 Å². The molecular weight excluding hydrogens is 344 g/mol. The molecule has 0 saturated heterocycles. The molecular formula is C20H20N4O3. The number of benzene rings is 1. The number of carbonyl (C=O) groups excluding carboxylic acids is 1. The number of imidazole rings is 1. The summed E-state index contributed by atoms with van der Waals surface area (Å²) in [6.45, 7) is 0. The Morgan fingerprint density at radius 2 is 2.00 bits per heavy atom. The maximum absolute atomic E-state index is 13.1. The van der Waals surface area contributed by atoms with E-state index in [0.717, 1.165) is 54.4 Å². The number of hydrogen-bond donors (Lipinski definition) is 3. The van der Waals surface area contributed by atoms with Crippen LogP contribution in [-0.2, 0) is 12.8 Å². The molecule has 0 atom stereocenters. The second kappa shape index (κ2) is 5.97. The maximum Gasteiger partial charge on any atom is 0.267 e. The van der Waals surface area contributed by atoms with Gasteiger partial charge in [-0.15, -0.1) is 0 Å². The third kappa shape index (κ3) is 2.61. The Bertz CT molecular complexity index is 1090. The van der Waals surface area contributed by atoms with Crippen molar-refractivity contribution in [3.8, 4) is 5.75 Å². The van der Waals surface area contributed by atoms with E-state index in [2.05, 4.69) is 15.3 Å². The molecule has 1 aromatic carbocycles. The topological polar surface area (TPSA) is 100 Å². The molecule has 1 fully saturated rings. The van der Waals surface area contributed by atoms with Gasteiger partial charge in [-0.3, -0.25) is 14.9 Å². The minimum absolute atomic E-state index is 0.155. The SMILES string of the molecule is O=C(Nc1nc2ccccc2[nH]1)c1c(O)c2c(n(C3CC3)c1=O)CCCC2. The van der Waals surface area contributed by atoms with Crippen molar-refractivity contribution in [2.45, 2.75) is 44.6 Å². The van der Waals surface area contributed by atoms with Gasteiger partial charge in [-0.05, 0) is 50.7 Å². The molecule has 0 unspecified atom stereocenters. The van der Waals surface area contributed by atoms with Crippen molar-refractivity contribution in [1.29, 1.82) is 0 Å². The summed E-state index contributed by atoms with van der Waals surface area (Å²) in [7, 11) is 0. The summed E-state index contributed by atoms with van der Waals surface area (Å²) in [5, 5.41) is 13.4. The third-order valence-electron chi connectivity index (χ3n) is 5.45. The molecule has 2 aliphatic rings. The zero-order valence-corrected chi connectivity index (χ0v) is 14.8. The molecule has 2 aliphatic carbocycles. The molecule has 1 saturated carbocycles. The lowest BCUT2D eigenvalue weighted by Gasteiger charge is -2.23. The Morgan fingerprint density at radius 3 is 2.78 bits per heavy atom. The first-order valence-electron chi connectivity index (χ1n) is 9.39. The standard InChI is InChI=1S/C20H20N4O3/c25-17-12-5-1-4-8-15(12)24(11-9-10-11)19(27)16(17)18(26)23-20-21-13-6-2-3-7-14(13)22-20/h2-3,6-7,11,25H,1,4-5,8-10H2,(H2,21,22,23,26). The van der Waals surface area contributed by atoms with Crippen LogP contribution in [0.4, 0.5) is 5.95 Å². The predicted octanol–water partition coefficient (Wildman–Crippen LogP) is 2.90. The monoisotopic (exact) mass is 364 g/mol. The summed E-state index contributed by atoms with van der Waals surface area (Å²) in [6.07, 6.45) is 5.32. The predicted molar refractivity (Wildman–Crippen MR) is 101 cm³/mol. The Hall–Kier alpha value is -3.09. The molecule has 3 N–H and O–H groups in total. The number of rotatable bonds is 3. The third-order valence-corrected chi connectivity index (χ3v) is 5.45. The molecule has 0 aliphatic heterocycles. The van der Waals surface area contributed by atoms with Gasteiger partial charge >= 0.3 is 0 Å². The molecule has 5 rings (SSSR count). The zero-order chi connectivity index (χ0) is 18.5. The molecule has 1 amide bonds. The normalized spacial score (nSPS) is 16.3. The van der Waals surface area contributed by atoms with Crippen LogP contribution in [0.2, 0.25) is 0 Å². The number of amides is 1. The van der Waals surface area contributed by atoms with Gasteiger partial charge in [0.1, 0.15) is 11.3 Å². The number of anilines is 1. The lowest BCUT2D eigenvalue weighted by Crippen LogP contribution is -2.33. The van der Waals surface area contributed by atoms with Crippen LogP contribution in [0.25, 0.3) is 11.0 Å². The van der Waals surface area contributed by atoms with Crippen LogP contribution < -0.4 is 10.9 Å². The Morgan fingerprint density at radius 1 is 1.22 bits per heavy atom. The lowest BCUT2D eigenvalue weighted by atomic mass is 9.93. The van der Waals surface area contributed by atoms with Gasteiger partial charge in [0.2, 0.25) is 5.95 Å². The molecule has 7 nitrogen and oxygen atoms in total. The molecule has 2 heterocycles. The zero-order valence-electron chi connectivity index (χ0n) is 14.8. The summed E-state index contributed by atoms with van der Waals surface area (Å²) in [5.74, 6) is -0.532. The highest BCUT2D eigenvalue weighted by Gasteiger charge is 2.34. The van der Waals surface area contributed by atoms with Crippen molar-refractivity contribution < 1.29 is 9.90 Å². The quantitative estimate of drug-likeness (QED) is 0.665. The average molecular weight is 364 g/mol. The van der Waals surface area contributed by atoms with Crippen molar-refractivity contribution in [2.24, 2.45) is 0 Å². The summed E-state index contributed by atoms with van der Waals surface area (Å²) in [4.78, 5) is 33.3. The molecule has 0 spiro atoms.